The molecule has 0 bridgehead atoms. The van der Waals surface area contributed by atoms with Gasteiger partial charge in [0.05, 0.1) is 0 Å². The zero-order valence-electron chi connectivity index (χ0n) is 13.1. The predicted molar refractivity (Wildman–Crippen MR) is 89.9 cm³/mol. The Bertz CT molecular complexity index is 866. The zero-order valence-corrected chi connectivity index (χ0v) is 13.8. The predicted octanol–water partition coefficient (Wildman–Crippen LogP) is 3.94. The van der Waals surface area contributed by atoms with Crippen LogP contribution in [0.5, 0.6) is 5.75 Å². The van der Waals surface area contributed by atoms with Gasteiger partial charge in [0.15, 0.2) is 6.10 Å². The van der Waals surface area contributed by atoms with Crippen molar-refractivity contribution in [2.75, 3.05) is 5.32 Å². The van der Waals surface area contributed by atoms with Crippen LogP contribution >= 0.6 is 11.6 Å². The van der Waals surface area contributed by atoms with Crippen molar-refractivity contribution >= 4 is 23.5 Å². The van der Waals surface area contributed by atoms with E-state index in [1.165, 1.54) is 24.3 Å². The van der Waals surface area contributed by atoms with Gasteiger partial charge in [0.2, 0.25) is 0 Å². The van der Waals surface area contributed by atoms with Crippen LogP contribution in [0.2, 0.25) is 5.02 Å². The monoisotopic (exact) mass is 361 g/mol. The number of nitrogens with one attached hydrogen (secondary N) is 1. The third-order valence-electron chi connectivity index (χ3n) is 3.25. The minimum absolute atomic E-state index is 0.0181. The fourth-order valence-electron chi connectivity index (χ4n) is 1.97. The number of benzene rings is 2. The number of hydrogen-bond donors (Lipinski definition) is 1. The molecule has 3 rings (SSSR count). The van der Waals surface area contributed by atoms with Gasteiger partial charge in [0.1, 0.15) is 11.6 Å². The lowest BCUT2D eigenvalue weighted by Gasteiger charge is -2.13. The second-order valence-electron chi connectivity index (χ2n) is 5.13. The minimum atomic E-state index is -0.831. The fourth-order valence-corrected chi connectivity index (χ4v) is 2.09. The summed E-state index contributed by atoms with van der Waals surface area (Å²) in [4.78, 5) is 16.2. The number of nitrogens with zero attached hydrogens (tertiary/aromatic N) is 2. The number of hydrogen-bond acceptors (Lipinski definition) is 5. The third kappa shape index (κ3) is 4.33. The SMILES string of the molecule is C[C@@H](Oc1ccc(F)cc1)C(=O)Nc1noc(-c2ccc(Cl)cc2)n1. The number of aromatic nitrogens is 2. The van der Waals surface area contributed by atoms with Gasteiger partial charge in [-0.25, -0.2) is 4.39 Å². The molecule has 0 radical (unpaired) electrons. The lowest BCUT2D eigenvalue weighted by molar-refractivity contribution is -0.122. The Kier molecular flexibility index (Phi) is 4.95. The average molecular weight is 362 g/mol. The van der Waals surface area contributed by atoms with E-state index < -0.39 is 12.0 Å². The van der Waals surface area contributed by atoms with Gasteiger partial charge in [-0.1, -0.05) is 11.6 Å². The molecule has 8 heteroatoms. The highest BCUT2D eigenvalue weighted by Gasteiger charge is 2.18. The van der Waals surface area contributed by atoms with Crippen LogP contribution in [-0.4, -0.2) is 22.2 Å². The van der Waals surface area contributed by atoms with Crippen molar-refractivity contribution in [1.29, 1.82) is 0 Å². The van der Waals surface area contributed by atoms with Crippen LogP contribution in [0.25, 0.3) is 11.5 Å². The van der Waals surface area contributed by atoms with Gasteiger partial charge in [0, 0.05) is 10.6 Å². The Morgan fingerprint density at radius 1 is 1.20 bits per heavy atom. The van der Waals surface area contributed by atoms with Crippen molar-refractivity contribution in [1.82, 2.24) is 10.1 Å². The number of rotatable bonds is 5. The number of halogens is 2. The van der Waals surface area contributed by atoms with Crippen LogP contribution in [0.3, 0.4) is 0 Å². The molecule has 128 valence electrons. The molecular weight excluding hydrogens is 349 g/mol. The second kappa shape index (κ2) is 7.31. The number of amides is 1. The minimum Gasteiger partial charge on any atom is -0.481 e. The first-order chi connectivity index (χ1) is 12.0. The van der Waals surface area contributed by atoms with Gasteiger partial charge in [0.25, 0.3) is 17.7 Å². The highest BCUT2D eigenvalue weighted by atomic mass is 35.5. The van der Waals surface area contributed by atoms with Crippen LogP contribution in [-0.2, 0) is 4.79 Å². The molecule has 0 fully saturated rings. The number of carbonyl (C=O) groups is 1. The van der Waals surface area contributed by atoms with Crippen molar-refractivity contribution in [3.63, 3.8) is 0 Å². The first-order valence-corrected chi connectivity index (χ1v) is 7.72. The Balaban J connectivity index is 1.62. The van der Waals surface area contributed by atoms with E-state index in [0.29, 0.717) is 16.3 Å². The Labute approximate surface area is 147 Å². The Hall–Kier alpha value is -2.93. The standard InChI is InChI=1S/C17H13ClFN3O3/c1-10(24-14-8-6-13(19)7-9-14)15(23)20-17-21-16(25-22-17)11-2-4-12(18)5-3-11/h2-10H,1H3,(H,20,22,23)/t10-/m1/s1. The average Bonchev–Trinajstić information content (AvgIpc) is 3.06. The quantitative estimate of drug-likeness (QED) is 0.744. The maximum atomic E-state index is 12.9. The number of anilines is 1. The molecule has 1 aromatic heterocycles. The Morgan fingerprint density at radius 2 is 1.88 bits per heavy atom. The van der Waals surface area contributed by atoms with Gasteiger partial charge in [-0.2, -0.15) is 4.98 Å². The molecule has 0 saturated heterocycles. The van der Waals surface area contributed by atoms with E-state index in [1.807, 2.05) is 0 Å². The molecule has 0 spiro atoms. The van der Waals surface area contributed by atoms with Gasteiger partial charge in [-0.05, 0) is 60.6 Å². The second-order valence-corrected chi connectivity index (χ2v) is 5.57. The molecule has 1 atom stereocenters. The molecule has 0 aliphatic rings. The summed E-state index contributed by atoms with van der Waals surface area (Å²) in [5, 5.41) is 6.78. The first kappa shape index (κ1) is 16.9. The van der Waals surface area contributed by atoms with E-state index in [9.17, 15) is 9.18 Å². The normalized spacial score (nSPS) is 11.8. The summed E-state index contributed by atoms with van der Waals surface area (Å²) in [5.74, 6) is -0.207. The third-order valence-corrected chi connectivity index (χ3v) is 3.50. The maximum Gasteiger partial charge on any atom is 0.270 e. The summed E-state index contributed by atoms with van der Waals surface area (Å²) < 4.78 is 23.4. The molecule has 25 heavy (non-hydrogen) atoms. The van der Waals surface area contributed by atoms with Crippen LogP contribution in [0, 0.1) is 5.82 Å². The van der Waals surface area contributed by atoms with E-state index in [4.69, 9.17) is 20.9 Å². The van der Waals surface area contributed by atoms with Crippen molar-refractivity contribution in [2.45, 2.75) is 13.0 Å². The smallest absolute Gasteiger partial charge is 0.270 e. The van der Waals surface area contributed by atoms with Crippen LogP contribution in [0.4, 0.5) is 10.3 Å². The summed E-state index contributed by atoms with van der Waals surface area (Å²) in [7, 11) is 0. The molecule has 0 unspecified atom stereocenters. The Morgan fingerprint density at radius 3 is 2.56 bits per heavy atom. The zero-order chi connectivity index (χ0) is 17.8. The van der Waals surface area contributed by atoms with Gasteiger partial charge in [-0.15, -0.1) is 0 Å². The molecule has 3 aromatic rings. The lowest BCUT2D eigenvalue weighted by atomic mass is 10.2. The largest absolute Gasteiger partial charge is 0.481 e. The van der Waals surface area contributed by atoms with Crippen LogP contribution < -0.4 is 10.1 Å². The lowest BCUT2D eigenvalue weighted by Crippen LogP contribution is -2.30. The van der Waals surface area contributed by atoms with E-state index in [2.05, 4.69) is 15.5 Å². The topological polar surface area (TPSA) is 77.2 Å². The molecule has 0 aliphatic carbocycles. The van der Waals surface area contributed by atoms with Crippen LogP contribution in [0.1, 0.15) is 6.92 Å². The molecule has 0 aliphatic heterocycles. The molecule has 0 saturated carbocycles. The molecule has 2 aromatic carbocycles. The van der Waals surface area contributed by atoms with E-state index in [-0.39, 0.29) is 17.7 Å². The summed E-state index contributed by atoms with van der Waals surface area (Å²) in [6, 6.07) is 12.2. The number of ether oxygens (including phenoxy) is 1. The van der Waals surface area contributed by atoms with Gasteiger partial charge >= 0.3 is 0 Å². The van der Waals surface area contributed by atoms with Crippen molar-refractivity contribution in [2.24, 2.45) is 0 Å². The summed E-state index contributed by atoms with van der Waals surface area (Å²) in [6.45, 7) is 1.55. The van der Waals surface area contributed by atoms with E-state index in [0.717, 1.165) is 0 Å². The fraction of sp³-hybridized carbons (Fsp3) is 0.118. The summed E-state index contributed by atoms with van der Waals surface area (Å²) >= 11 is 5.82. The number of carbonyl (C=O) groups excluding carboxylic acids is 1. The van der Waals surface area contributed by atoms with Crippen molar-refractivity contribution in [3.8, 4) is 17.2 Å². The summed E-state index contributed by atoms with van der Waals surface area (Å²) in [6.07, 6.45) is -0.831. The highest BCUT2D eigenvalue weighted by molar-refractivity contribution is 6.30. The van der Waals surface area contributed by atoms with Crippen molar-refractivity contribution < 1.29 is 18.4 Å². The molecule has 1 amide bonds. The summed E-state index contributed by atoms with van der Waals surface area (Å²) in [5.41, 5.74) is 0.674. The molecule has 1 heterocycles. The van der Waals surface area contributed by atoms with E-state index in [1.54, 1.807) is 31.2 Å². The van der Waals surface area contributed by atoms with Crippen molar-refractivity contribution in [3.05, 3.63) is 59.4 Å². The first-order valence-electron chi connectivity index (χ1n) is 7.34. The van der Waals surface area contributed by atoms with E-state index >= 15 is 0 Å². The van der Waals surface area contributed by atoms with Gasteiger partial charge in [-0.3, -0.25) is 10.1 Å². The molecule has 6 nitrogen and oxygen atoms in total. The van der Waals surface area contributed by atoms with Crippen LogP contribution in [0.15, 0.2) is 53.1 Å². The van der Waals surface area contributed by atoms with Gasteiger partial charge < -0.3 is 9.26 Å². The highest BCUT2D eigenvalue weighted by Crippen LogP contribution is 2.21. The molecular formula is C17H13ClFN3O3. The molecule has 1 N–H and O–H groups in total. The maximum absolute atomic E-state index is 12.9.